The maximum Gasteiger partial charge on any atom is 0.167 e. The molecule has 1 aromatic carbocycles. The third-order valence-electron chi connectivity index (χ3n) is 2.51. The number of fused-ring (bicyclic) bond motifs is 1. The van der Waals surface area contributed by atoms with E-state index >= 15 is 0 Å². The van der Waals surface area contributed by atoms with E-state index in [2.05, 4.69) is 10.1 Å². The average molecular weight is 243 g/mol. The van der Waals surface area contributed by atoms with E-state index in [1.165, 1.54) is 11.0 Å². The van der Waals surface area contributed by atoms with Crippen LogP contribution in [0.25, 0.3) is 16.7 Å². The summed E-state index contributed by atoms with van der Waals surface area (Å²) >= 11 is 5.20. The Morgan fingerprint density at radius 2 is 1.94 bits per heavy atom. The Balaban J connectivity index is 2.34. The number of rotatable bonds is 1. The zero-order chi connectivity index (χ0) is 11.8. The van der Waals surface area contributed by atoms with Crippen molar-refractivity contribution in [3.63, 3.8) is 0 Å². The highest BCUT2D eigenvalue weighted by molar-refractivity contribution is 7.71. The molecule has 0 radical (unpaired) electrons. The summed E-state index contributed by atoms with van der Waals surface area (Å²) < 4.78 is 3.58. The van der Waals surface area contributed by atoms with Gasteiger partial charge in [0.05, 0.1) is 17.3 Å². The number of nitrogen functional groups attached to an aromatic ring is 1. The summed E-state index contributed by atoms with van der Waals surface area (Å²) in [4.78, 5) is 4.25. The molecule has 5 nitrogen and oxygen atoms in total. The van der Waals surface area contributed by atoms with Crippen molar-refractivity contribution in [3.8, 4) is 5.69 Å². The molecule has 0 aliphatic rings. The van der Waals surface area contributed by atoms with Crippen LogP contribution in [-0.4, -0.2) is 19.4 Å². The van der Waals surface area contributed by atoms with E-state index in [9.17, 15) is 0 Å². The van der Waals surface area contributed by atoms with Gasteiger partial charge in [0.2, 0.25) is 0 Å². The fourth-order valence-electron chi connectivity index (χ4n) is 1.68. The van der Waals surface area contributed by atoms with Crippen LogP contribution < -0.4 is 5.84 Å². The van der Waals surface area contributed by atoms with E-state index in [-0.39, 0.29) is 0 Å². The van der Waals surface area contributed by atoms with Gasteiger partial charge in [-0.25, -0.2) is 14.3 Å². The van der Waals surface area contributed by atoms with Gasteiger partial charge >= 0.3 is 0 Å². The van der Waals surface area contributed by atoms with Crippen LogP contribution in [0.15, 0.2) is 42.9 Å². The van der Waals surface area contributed by atoms with Gasteiger partial charge in [-0.3, -0.25) is 0 Å². The van der Waals surface area contributed by atoms with E-state index in [1.807, 2.05) is 30.3 Å². The van der Waals surface area contributed by atoms with Crippen molar-refractivity contribution in [1.82, 2.24) is 19.4 Å². The molecule has 0 amide bonds. The standard InChI is InChI=1S/C11H9N5S/c12-15-7-13-10-9(11(15)17)6-14-16(10)8-4-2-1-3-5-8/h1-7H,12H2. The molecule has 2 N–H and O–H groups in total. The van der Waals surface area contributed by atoms with Gasteiger partial charge in [-0.15, -0.1) is 0 Å². The van der Waals surface area contributed by atoms with Gasteiger partial charge in [0, 0.05) is 0 Å². The number of para-hydroxylation sites is 1. The molecule has 84 valence electrons. The molecule has 0 unspecified atom stereocenters. The highest BCUT2D eigenvalue weighted by Gasteiger charge is 2.07. The molecule has 2 heterocycles. The number of nitrogens with two attached hydrogens (primary N) is 1. The van der Waals surface area contributed by atoms with Gasteiger partial charge in [0.25, 0.3) is 0 Å². The minimum absolute atomic E-state index is 0.525. The highest BCUT2D eigenvalue weighted by Crippen LogP contribution is 2.16. The molecule has 0 spiro atoms. The second-order valence-electron chi connectivity index (χ2n) is 3.59. The van der Waals surface area contributed by atoms with Crippen LogP contribution in [0.1, 0.15) is 0 Å². The SMILES string of the molecule is Nn1cnc2c(cnn2-c2ccccc2)c1=S. The minimum atomic E-state index is 0.525. The second kappa shape index (κ2) is 3.67. The van der Waals surface area contributed by atoms with Crippen molar-refractivity contribution >= 4 is 23.3 Å². The zero-order valence-corrected chi connectivity index (χ0v) is 9.63. The first-order chi connectivity index (χ1) is 8.27. The predicted molar refractivity (Wildman–Crippen MR) is 67.8 cm³/mol. The molecule has 0 aliphatic carbocycles. The molecule has 3 aromatic rings. The first kappa shape index (κ1) is 9.98. The Hall–Kier alpha value is -2.21. The quantitative estimate of drug-likeness (QED) is 0.521. The summed E-state index contributed by atoms with van der Waals surface area (Å²) in [6.07, 6.45) is 3.17. The highest BCUT2D eigenvalue weighted by atomic mass is 32.1. The van der Waals surface area contributed by atoms with Crippen LogP contribution in [-0.2, 0) is 0 Å². The fourth-order valence-corrected chi connectivity index (χ4v) is 1.87. The first-order valence-corrected chi connectivity index (χ1v) is 5.44. The van der Waals surface area contributed by atoms with E-state index < -0.39 is 0 Å². The van der Waals surface area contributed by atoms with Crippen LogP contribution in [0, 0.1) is 4.64 Å². The summed E-state index contributed by atoms with van der Waals surface area (Å²) in [5.41, 5.74) is 1.65. The number of hydrogen-bond acceptors (Lipinski definition) is 4. The molecule has 0 fully saturated rings. The lowest BCUT2D eigenvalue weighted by Crippen LogP contribution is -2.10. The maximum absolute atomic E-state index is 5.65. The van der Waals surface area contributed by atoms with Crippen molar-refractivity contribution in [2.24, 2.45) is 0 Å². The molecule has 0 aliphatic heterocycles. The number of nitrogens with zero attached hydrogens (tertiary/aromatic N) is 4. The van der Waals surface area contributed by atoms with E-state index in [1.54, 1.807) is 10.9 Å². The van der Waals surface area contributed by atoms with Crippen LogP contribution >= 0.6 is 12.2 Å². The number of aromatic nitrogens is 4. The van der Waals surface area contributed by atoms with Gasteiger partial charge in [-0.05, 0) is 12.1 Å². The summed E-state index contributed by atoms with van der Waals surface area (Å²) in [6, 6.07) is 9.77. The van der Waals surface area contributed by atoms with Gasteiger partial charge < -0.3 is 5.84 Å². The largest absolute Gasteiger partial charge is 0.337 e. The monoisotopic (exact) mass is 243 g/mol. The van der Waals surface area contributed by atoms with Crippen LogP contribution in [0.5, 0.6) is 0 Å². The molecule has 2 aromatic heterocycles. The predicted octanol–water partition coefficient (Wildman–Crippen LogP) is 1.67. The molecule has 17 heavy (non-hydrogen) atoms. The fraction of sp³-hybridized carbons (Fsp3) is 0. The molecule has 0 atom stereocenters. The van der Waals surface area contributed by atoms with E-state index in [0.717, 1.165) is 11.1 Å². The van der Waals surface area contributed by atoms with Gasteiger partial charge in [-0.2, -0.15) is 5.10 Å². The van der Waals surface area contributed by atoms with Gasteiger partial charge in [-0.1, -0.05) is 30.4 Å². The minimum Gasteiger partial charge on any atom is -0.337 e. The van der Waals surface area contributed by atoms with Crippen molar-refractivity contribution in [2.75, 3.05) is 5.84 Å². The third kappa shape index (κ3) is 1.50. The average Bonchev–Trinajstić information content (AvgIpc) is 2.79. The van der Waals surface area contributed by atoms with Crippen LogP contribution in [0.3, 0.4) is 0 Å². The van der Waals surface area contributed by atoms with Crippen molar-refractivity contribution in [3.05, 3.63) is 47.5 Å². The molecular weight excluding hydrogens is 234 g/mol. The molecule has 6 heteroatoms. The van der Waals surface area contributed by atoms with Gasteiger partial charge in [0.15, 0.2) is 5.65 Å². The van der Waals surface area contributed by atoms with Gasteiger partial charge in [0.1, 0.15) is 11.0 Å². The third-order valence-corrected chi connectivity index (χ3v) is 2.94. The second-order valence-corrected chi connectivity index (χ2v) is 3.97. The molecule has 0 saturated carbocycles. The smallest absolute Gasteiger partial charge is 0.167 e. The lowest BCUT2D eigenvalue weighted by Gasteiger charge is -2.03. The summed E-state index contributed by atoms with van der Waals surface area (Å²) in [5, 5.41) is 5.06. The molecular formula is C11H9N5S. The lowest BCUT2D eigenvalue weighted by atomic mass is 10.3. The Labute approximate surface area is 102 Å². The van der Waals surface area contributed by atoms with Crippen molar-refractivity contribution < 1.29 is 0 Å². The van der Waals surface area contributed by atoms with Crippen LogP contribution in [0.4, 0.5) is 0 Å². The summed E-state index contributed by atoms with van der Waals surface area (Å²) in [5.74, 6) is 5.65. The Kier molecular flexibility index (Phi) is 2.15. The van der Waals surface area contributed by atoms with E-state index in [0.29, 0.717) is 10.3 Å². The molecule has 3 rings (SSSR count). The Morgan fingerprint density at radius 3 is 2.71 bits per heavy atom. The lowest BCUT2D eigenvalue weighted by molar-refractivity contribution is 0.881. The van der Waals surface area contributed by atoms with Crippen molar-refractivity contribution in [1.29, 1.82) is 0 Å². The maximum atomic E-state index is 5.65. The summed E-state index contributed by atoms with van der Waals surface area (Å²) in [6.45, 7) is 0. The van der Waals surface area contributed by atoms with Crippen LogP contribution in [0.2, 0.25) is 0 Å². The topological polar surface area (TPSA) is 61.7 Å². The van der Waals surface area contributed by atoms with Crippen molar-refractivity contribution in [2.45, 2.75) is 0 Å². The zero-order valence-electron chi connectivity index (χ0n) is 8.82. The number of benzene rings is 1. The Bertz CT molecular complexity index is 728. The number of hydrogen-bond donors (Lipinski definition) is 1. The molecule has 0 saturated heterocycles. The Morgan fingerprint density at radius 1 is 1.18 bits per heavy atom. The molecule has 0 bridgehead atoms. The summed E-state index contributed by atoms with van der Waals surface area (Å²) in [7, 11) is 0. The normalized spacial score (nSPS) is 10.8. The van der Waals surface area contributed by atoms with E-state index in [4.69, 9.17) is 18.1 Å². The first-order valence-electron chi connectivity index (χ1n) is 5.03.